The number of rotatable bonds is 1. The zero-order valence-corrected chi connectivity index (χ0v) is 8.34. The van der Waals surface area contributed by atoms with Crippen LogP contribution in [-0.2, 0) is 5.41 Å². The van der Waals surface area contributed by atoms with E-state index in [1.54, 1.807) is 19.1 Å². The summed E-state index contributed by atoms with van der Waals surface area (Å²) in [6, 6.07) is 7.32. The Hall–Kier alpha value is -1.36. The molecule has 0 aromatic heterocycles. The first-order chi connectivity index (χ1) is 6.60. The second-order valence-corrected chi connectivity index (χ2v) is 4.15. The number of nitriles is 1. The van der Waals surface area contributed by atoms with E-state index >= 15 is 0 Å². The summed E-state index contributed by atoms with van der Waals surface area (Å²) in [4.78, 5) is 0. The van der Waals surface area contributed by atoms with Crippen LogP contribution >= 0.6 is 0 Å². The van der Waals surface area contributed by atoms with Gasteiger partial charge in [-0.2, -0.15) is 5.26 Å². The van der Waals surface area contributed by atoms with Gasteiger partial charge in [0.15, 0.2) is 0 Å². The maximum atomic E-state index is 13.0. The third-order valence-electron chi connectivity index (χ3n) is 3.18. The lowest BCUT2D eigenvalue weighted by molar-refractivity contribution is 0.616. The van der Waals surface area contributed by atoms with E-state index in [1.165, 1.54) is 6.07 Å². The average Bonchev–Trinajstić information content (AvgIpc) is 2.83. The molecule has 1 aromatic carbocycles. The van der Waals surface area contributed by atoms with Crippen molar-refractivity contribution >= 4 is 0 Å². The molecule has 2 atom stereocenters. The molecular weight excluding hydrogens is 177 g/mol. The Morgan fingerprint density at radius 1 is 1.57 bits per heavy atom. The second-order valence-electron chi connectivity index (χ2n) is 4.15. The Labute approximate surface area is 83.2 Å². The van der Waals surface area contributed by atoms with E-state index in [-0.39, 0.29) is 11.2 Å². The highest BCUT2D eigenvalue weighted by molar-refractivity contribution is 5.42. The van der Waals surface area contributed by atoms with Crippen LogP contribution in [0, 0.1) is 30.0 Å². The fraction of sp³-hybridized carbons (Fsp3) is 0.417. The van der Waals surface area contributed by atoms with E-state index < -0.39 is 0 Å². The molecule has 14 heavy (non-hydrogen) atoms. The quantitative estimate of drug-likeness (QED) is 0.666. The minimum atomic E-state index is -0.335. The molecule has 0 saturated heterocycles. The van der Waals surface area contributed by atoms with Gasteiger partial charge in [0.1, 0.15) is 5.82 Å². The van der Waals surface area contributed by atoms with Crippen LogP contribution in [-0.4, -0.2) is 0 Å². The zero-order chi connectivity index (χ0) is 10.3. The number of hydrogen-bond acceptors (Lipinski definition) is 1. The molecule has 2 rings (SSSR count). The van der Waals surface area contributed by atoms with Gasteiger partial charge in [0, 0.05) is 0 Å². The molecule has 0 radical (unpaired) electrons. The minimum Gasteiger partial charge on any atom is -0.207 e. The topological polar surface area (TPSA) is 23.8 Å². The summed E-state index contributed by atoms with van der Waals surface area (Å²) in [5.74, 6) is 0.201. The van der Waals surface area contributed by atoms with Gasteiger partial charge in [-0.1, -0.05) is 19.1 Å². The van der Waals surface area contributed by atoms with Gasteiger partial charge < -0.3 is 0 Å². The molecule has 0 spiro atoms. The molecule has 1 aliphatic rings. The maximum absolute atomic E-state index is 13.0. The van der Waals surface area contributed by atoms with E-state index in [9.17, 15) is 4.39 Å². The van der Waals surface area contributed by atoms with Crippen molar-refractivity contribution in [2.75, 3.05) is 0 Å². The van der Waals surface area contributed by atoms with Crippen molar-refractivity contribution in [3.63, 3.8) is 0 Å². The normalized spacial score (nSPS) is 29.7. The summed E-state index contributed by atoms with van der Waals surface area (Å²) in [5, 5.41) is 9.10. The van der Waals surface area contributed by atoms with Crippen LogP contribution in [0.25, 0.3) is 0 Å². The molecule has 0 heterocycles. The largest absolute Gasteiger partial charge is 0.207 e. The Morgan fingerprint density at radius 3 is 2.64 bits per heavy atom. The summed E-state index contributed by atoms with van der Waals surface area (Å²) >= 11 is 0. The molecular formula is C12H12FN. The summed E-state index contributed by atoms with van der Waals surface area (Å²) in [6.07, 6.45) is 0.897. The molecule has 1 aliphatic carbocycles. The van der Waals surface area contributed by atoms with Crippen molar-refractivity contribution in [2.45, 2.75) is 25.7 Å². The first-order valence-corrected chi connectivity index (χ1v) is 4.78. The molecule has 1 nitrogen and oxygen atoms in total. The molecule has 2 unspecified atom stereocenters. The van der Waals surface area contributed by atoms with Crippen LogP contribution in [0.1, 0.15) is 24.5 Å². The van der Waals surface area contributed by atoms with Crippen molar-refractivity contribution in [3.05, 3.63) is 35.1 Å². The molecule has 0 amide bonds. The molecule has 72 valence electrons. The van der Waals surface area contributed by atoms with Gasteiger partial charge >= 0.3 is 0 Å². The molecule has 2 heteroatoms. The van der Waals surface area contributed by atoms with E-state index in [2.05, 4.69) is 13.0 Å². The SMILES string of the molecule is Cc1cc(C2(C#N)CC2C)ccc1F. The monoisotopic (exact) mass is 189 g/mol. The van der Waals surface area contributed by atoms with Gasteiger partial charge in [-0.25, -0.2) is 4.39 Å². The fourth-order valence-electron chi connectivity index (χ4n) is 1.97. The lowest BCUT2D eigenvalue weighted by Gasteiger charge is -2.08. The number of benzene rings is 1. The number of aryl methyl sites for hydroxylation is 1. The molecule has 0 aliphatic heterocycles. The predicted octanol–water partition coefficient (Wildman–Crippen LogP) is 2.94. The van der Waals surface area contributed by atoms with Crippen LogP contribution < -0.4 is 0 Å². The van der Waals surface area contributed by atoms with Crippen LogP contribution in [0.3, 0.4) is 0 Å². The Bertz CT molecular complexity index is 419. The standard InChI is InChI=1S/C12H12FN/c1-8-5-10(3-4-11(8)13)12(7-14)6-9(12)2/h3-5,9H,6H2,1-2H3. The van der Waals surface area contributed by atoms with Crippen molar-refractivity contribution in [2.24, 2.45) is 5.92 Å². The van der Waals surface area contributed by atoms with E-state index in [0.717, 1.165) is 12.0 Å². The minimum absolute atomic E-state index is 0.199. The van der Waals surface area contributed by atoms with Crippen LogP contribution in [0.2, 0.25) is 0 Å². The van der Waals surface area contributed by atoms with Gasteiger partial charge in [-0.15, -0.1) is 0 Å². The fourth-order valence-corrected chi connectivity index (χ4v) is 1.97. The summed E-state index contributed by atoms with van der Waals surface area (Å²) in [6.45, 7) is 3.79. The van der Waals surface area contributed by atoms with E-state index in [1.807, 2.05) is 0 Å². The lowest BCUT2D eigenvalue weighted by atomic mass is 9.94. The highest BCUT2D eigenvalue weighted by Gasteiger charge is 2.53. The smallest absolute Gasteiger partial charge is 0.126 e. The second kappa shape index (κ2) is 2.81. The Balaban J connectivity index is 2.44. The van der Waals surface area contributed by atoms with Crippen molar-refractivity contribution in [1.29, 1.82) is 5.26 Å². The number of halogens is 1. The predicted molar refractivity (Wildman–Crippen MR) is 52.2 cm³/mol. The van der Waals surface area contributed by atoms with E-state index in [4.69, 9.17) is 5.26 Å². The van der Waals surface area contributed by atoms with Gasteiger partial charge in [0.25, 0.3) is 0 Å². The lowest BCUT2D eigenvalue weighted by Crippen LogP contribution is -2.06. The molecule has 0 bridgehead atoms. The first-order valence-electron chi connectivity index (χ1n) is 4.78. The number of nitrogens with zero attached hydrogens (tertiary/aromatic N) is 1. The molecule has 1 saturated carbocycles. The van der Waals surface area contributed by atoms with Crippen molar-refractivity contribution < 1.29 is 4.39 Å². The van der Waals surface area contributed by atoms with Gasteiger partial charge in [-0.05, 0) is 36.5 Å². The average molecular weight is 189 g/mol. The van der Waals surface area contributed by atoms with Crippen LogP contribution in [0.4, 0.5) is 4.39 Å². The Kier molecular flexibility index (Phi) is 1.85. The van der Waals surface area contributed by atoms with Gasteiger partial charge in [0.05, 0.1) is 11.5 Å². The zero-order valence-electron chi connectivity index (χ0n) is 8.34. The van der Waals surface area contributed by atoms with Crippen LogP contribution in [0.15, 0.2) is 18.2 Å². The Morgan fingerprint density at radius 2 is 2.21 bits per heavy atom. The van der Waals surface area contributed by atoms with E-state index in [0.29, 0.717) is 11.5 Å². The highest BCUT2D eigenvalue weighted by atomic mass is 19.1. The summed E-state index contributed by atoms with van der Waals surface area (Å²) < 4.78 is 13.0. The molecule has 1 aromatic rings. The van der Waals surface area contributed by atoms with Gasteiger partial charge in [-0.3, -0.25) is 0 Å². The van der Waals surface area contributed by atoms with Crippen molar-refractivity contribution in [1.82, 2.24) is 0 Å². The third kappa shape index (κ3) is 1.13. The van der Waals surface area contributed by atoms with Crippen molar-refractivity contribution in [3.8, 4) is 6.07 Å². The number of hydrogen-bond donors (Lipinski definition) is 0. The maximum Gasteiger partial charge on any atom is 0.126 e. The molecule has 0 N–H and O–H groups in total. The highest BCUT2D eigenvalue weighted by Crippen LogP contribution is 2.53. The third-order valence-corrected chi connectivity index (χ3v) is 3.18. The summed E-state index contributed by atoms with van der Waals surface area (Å²) in [7, 11) is 0. The summed E-state index contributed by atoms with van der Waals surface area (Å²) in [5.41, 5.74) is 1.25. The van der Waals surface area contributed by atoms with Gasteiger partial charge in [0.2, 0.25) is 0 Å². The molecule has 1 fully saturated rings. The van der Waals surface area contributed by atoms with Crippen LogP contribution in [0.5, 0.6) is 0 Å². The first kappa shape index (κ1) is 9.21.